The molecule has 2 rings (SSSR count). The molecule has 0 aliphatic carbocycles. The van der Waals surface area contributed by atoms with Crippen LogP contribution >= 0.6 is 15.9 Å². The molecule has 0 amide bonds. The average Bonchev–Trinajstić information content (AvgIpc) is 2.35. The zero-order chi connectivity index (χ0) is 15.8. The molecule has 0 saturated carbocycles. The first-order valence-electron chi connectivity index (χ1n) is 5.74. The highest BCUT2D eigenvalue weighted by atomic mass is 79.9. The van der Waals surface area contributed by atoms with Crippen molar-refractivity contribution in [1.82, 2.24) is 0 Å². The van der Waals surface area contributed by atoms with Crippen LogP contribution in [-0.2, 0) is 10.0 Å². The summed E-state index contributed by atoms with van der Waals surface area (Å²) in [6.45, 7) is 1.38. The van der Waals surface area contributed by atoms with Crippen LogP contribution in [0.25, 0.3) is 0 Å². The number of nitrogen functional groups attached to an aromatic ring is 1. The van der Waals surface area contributed by atoms with Crippen molar-refractivity contribution in [1.29, 1.82) is 0 Å². The van der Waals surface area contributed by atoms with Gasteiger partial charge in [-0.25, -0.2) is 17.2 Å². The molecule has 0 aliphatic heterocycles. The summed E-state index contributed by atoms with van der Waals surface area (Å²) in [5.74, 6) is -1.58. The smallest absolute Gasteiger partial charge is 0.264 e. The van der Waals surface area contributed by atoms with Crippen molar-refractivity contribution in [3.63, 3.8) is 0 Å². The molecule has 3 N–H and O–H groups in total. The number of nitrogens with two attached hydrogens (primary N) is 1. The fraction of sp³-hybridized carbons (Fsp3) is 0.0769. The second-order valence-corrected chi connectivity index (χ2v) is 6.94. The summed E-state index contributed by atoms with van der Waals surface area (Å²) >= 11 is 3.15. The largest absolute Gasteiger partial charge is 0.398 e. The van der Waals surface area contributed by atoms with Crippen LogP contribution in [0.4, 0.5) is 20.2 Å². The lowest BCUT2D eigenvalue weighted by Gasteiger charge is -2.12. The predicted molar refractivity (Wildman–Crippen MR) is 80.5 cm³/mol. The number of sulfonamides is 1. The lowest BCUT2D eigenvalue weighted by molar-refractivity contribution is 0.590. The van der Waals surface area contributed by atoms with E-state index in [-0.39, 0.29) is 16.1 Å². The molecule has 0 radical (unpaired) electrons. The monoisotopic (exact) mass is 376 g/mol. The highest BCUT2D eigenvalue weighted by molar-refractivity contribution is 9.10. The molecule has 8 heteroatoms. The summed E-state index contributed by atoms with van der Waals surface area (Å²) in [7, 11) is -4.12. The van der Waals surface area contributed by atoms with E-state index in [0.717, 1.165) is 12.1 Å². The molecule has 2 aromatic carbocycles. The van der Waals surface area contributed by atoms with Gasteiger partial charge in [-0.05, 0) is 36.8 Å². The Morgan fingerprint density at radius 2 is 1.81 bits per heavy atom. The minimum absolute atomic E-state index is 0.00938. The molecule has 0 saturated heterocycles. The highest BCUT2D eigenvalue weighted by Gasteiger charge is 2.20. The van der Waals surface area contributed by atoms with Crippen LogP contribution in [0.15, 0.2) is 39.7 Å². The molecule has 0 bridgehead atoms. The first kappa shape index (κ1) is 15.7. The standard InChI is InChI=1S/C13H11BrF2N2O2S/c1-7-4-10(16)12(6-9(7)15)18-21(19,20)13-3-2-8(14)5-11(13)17/h2-6,18H,17H2,1H3. The summed E-state index contributed by atoms with van der Waals surface area (Å²) in [4.78, 5) is -0.217. The van der Waals surface area contributed by atoms with Crippen molar-refractivity contribution in [2.45, 2.75) is 11.8 Å². The minimum Gasteiger partial charge on any atom is -0.398 e. The van der Waals surface area contributed by atoms with E-state index in [1.165, 1.54) is 25.1 Å². The van der Waals surface area contributed by atoms with Gasteiger partial charge in [0.2, 0.25) is 0 Å². The molecule has 0 aliphatic rings. The summed E-state index contributed by atoms with van der Waals surface area (Å²) in [5, 5.41) is 0. The Balaban J connectivity index is 2.45. The molecule has 0 unspecified atom stereocenters. The zero-order valence-electron chi connectivity index (χ0n) is 10.8. The first-order chi connectivity index (χ1) is 9.70. The molecule has 2 aromatic rings. The summed E-state index contributed by atoms with van der Waals surface area (Å²) in [6.07, 6.45) is 0. The van der Waals surface area contributed by atoms with E-state index in [1.54, 1.807) is 0 Å². The van der Waals surface area contributed by atoms with E-state index in [2.05, 4.69) is 15.9 Å². The van der Waals surface area contributed by atoms with Crippen molar-refractivity contribution in [2.75, 3.05) is 10.5 Å². The van der Waals surface area contributed by atoms with Crippen LogP contribution in [0.5, 0.6) is 0 Å². The Morgan fingerprint density at radius 1 is 1.14 bits per heavy atom. The normalized spacial score (nSPS) is 11.4. The van der Waals surface area contributed by atoms with Gasteiger partial charge in [0.1, 0.15) is 16.5 Å². The van der Waals surface area contributed by atoms with Gasteiger partial charge in [0.15, 0.2) is 0 Å². The Morgan fingerprint density at radius 3 is 2.43 bits per heavy atom. The van der Waals surface area contributed by atoms with Crippen LogP contribution in [0.1, 0.15) is 5.56 Å². The van der Waals surface area contributed by atoms with E-state index in [9.17, 15) is 17.2 Å². The van der Waals surface area contributed by atoms with Crippen molar-refractivity contribution < 1.29 is 17.2 Å². The van der Waals surface area contributed by atoms with Gasteiger partial charge in [-0.3, -0.25) is 4.72 Å². The van der Waals surface area contributed by atoms with Crippen molar-refractivity contribution >= 4 is 37.3 Å². The van der Waals surface area contributed by atoms with Crippen LogP contribution in [-0.4, -0.2) is 8.42 Å². The molecule has 21 heavy (non-hydrogen) atoms. The van der Waals surface area contributed by atoms with Crippen LogP contribution in [0, 0.1) is 18.6 Å². The molecule has 0 fully saturated rings. The number of aryl methyl sites for hydroxylation is 1. The third-order valence-corrected chi connectivity index (χ3v) is 4.69. The Labute approximate surface area is 129 Å². The summed E-state index contributed by atoms with van der Waals surface area (Å²) in [5.41, 5.74) is 5.24. The van der Waals surface area contributed by atoms with Crippen molar-refractivity contribution in [3.05, 3.63) is 52.0 Å². The quantitative estimate of drug-likeness (QED) is 0.806. The van der Waals surface area contributed by atoms with E-state index >= 15 is 0 Å². The average molecular weight is 377 g/mol. The number of hydrogen-bond acceptors (Lipinski definition) is 3. The number of halogens is 3. The zero-order valence-corrected chi connectivity index (χ0v) is 13.2. The maximum absolute atomic E-state index is 13.7. The summed E-state index contributed by atoms with van der Waals surface area (Å²) < 4.78 is 54.1. The number of rotatable bonds is 3. The maximum atomic E-state index is 13.7. The van der Waals surface area contributed by atoms with Crippen LogP contribution in [0.3, 0.4) is 0 Å². The molecule has 4 nitrogen and oxygen atoms in total. The number of anilines is 2. The third kappa shape index (κ3) is 3.33. The van der Waals surface area contributed by atoms with E-state index in [1.807, 2.05) is 4.72 Å². The van der Waals surface area contributed by atoms with Gasteiger partial charge in [0.05, 0.1) is 11.4 Å². The topological polar surface area (TPSA) is 72.2 Å². The second kappa shape index (κ2) is 5.61. The maximum Gasteiger partial charge on any atom is 0.264 e. The van der Waals surface area contributed by atoms with Crippen LogP contribution < -0.4 is 10.5 Å². The molecular weight excluding hydrogens is 366 g/mol. The molecule has 112 valence electrons. The Kier molecular flexibility index (Phi) is 4.20. The number of benzene rings is 2. The predicted octanol–water partition coefficient (Wildman–Crippen LogP) is 3.42. The van der Waals surface area contributed by atoms with E-state index in [0.29, 0.717) is 4.47 Å². The molecule has 0 heterocycles. The van der Waals surface area contributed by atoms with Gasteiger partial charge in [-0.15, -0.1) is 0 Å². The van der Waals surface area contributed by atoms with Gasteiger partial charge in [0.25, 0.3) is 10.0 Å². The van der Waals surface area contributed by atoms with Gasteiger partial charge in [-0.2, -0.15) is 0 Å². The number of hydrogen-bond donors (Lipinski definition) is 2. The van der Waals surface area contributed by atoms with Crippen molar-refractivity contribution in [2.24, 2.45) is 0 Å². The Bertz CT molecular complexity index is 810. The molecule has 0 aromatic heterocycles. The Hall–Kier alpha value is -1.67. The molecule has 0 atom stereocenters. The van der Waals surface area contributed by atoms with Gasteiger partial charge in [-0.1, -0.05) is 15.9 Å². The van der Waals surface area contributed by atoms with E-state index in [4.69, 9.17) is 5.73 Å². The highest BCUT2D eigenvalue weighted by Crippen LogP contribution is 2.26. The number of nitrogens with one attached hydrogen (secondary N) is 1. The second-order valence-electron chi connectivity index (χ2n) is 4.37. The van der Waals surface area contributed by atoms with Gasteiger partial charge in [0, 0.05) is 10.5 Å². The lowest BCUT2D eigenvalue weighted by atomic mass is 10.2. The van der Waals surface area contributed by atoms with Gasteiger partial charge >= 0.3 is 0 Å². The minimum atomic E-state index is -4.12. The summed E-state index contributed by atoms with van der Waals surface area (Å²) in [6, 6.07) is 5.86. The molecule has 0 spiro atoms. The van der Waals surface area contributed by atoms with E-state index < -0.39 is 27.3 Å². The van der Waals surface area contributed by atoms with Crippen molar-refractivity contribution in [3.8, 4) is 0 Å². The third-order valence-electron chi connectivity index (χ3n) is 2.75. The van der Waals surface area contributed by atoms with Gasteiger partial charge < -0.3 is 5.73 Å². The fourth-order valence-corrected chi connectivity index (χ4v) is 3.24. The first-order valence-corrected chi connectivity index (χ1v) is 8.02. The SMILES string of the molecule is Cc1cc(F)c(NS(=O)(=O)c2ccc(Br)cc2N)cc1F. The molecular formula is C13H11BrF2N2O2S. The fourth-order valence-electron chi connectivity index (χ4n) is 1.69. The lowest BCUT2D eigenvalue weighted by Crippen LogP contribution is -2.16. The van der Waals surface area contributed by atoms with Crippen LogP contribution in [0.2, 0.25) is 0 Å².